The van der Waals surface area contributed by atoms with Crippen molar-refractivity contribution in [1.29, 1.82) is 0 Å². The van der Waals surface area contributed by atoms with Crippen LogP contribution in [0.1, 0.15) is 18.5 Å². The summed E-state index contributed by atoms with van der Waals surface area (Å²) in [5, 5.41) is 13.1. The number of H-pyrrole nitrogens is 1. The first kappa shape index (κ1) is 16.7. The summed E-state index contributed by atoms with van der Waals surface area (Å²) in [4.78, 5) is 14.6. The topological polar surface area (TPSA) is 82.6 Å². The minimum Gasteiger partial charge on any atom is -0.370 e. The molecule has 4 aromatic heterocycles. The molecule has 0 saturated carbocycles. The van der Waals surface area contributed by atoms with E-state index in [2.05, 4.69) is 41.4 Å². The van der Waals surface area contributed by atoms with E-state index in [0.29, 0.717) is 6.54 Å². The summed E-state index contributed by atoms with van der Waals surface area (Å²) >= 11 is 0. The van der Waals surface area contributed by atoms with Gasteiger partial charge in [-0.25, -0.2) is 4.98 Å². The van der Waals surface area contributed by atoms with Crippen LogP contribution in [-0.2, 0) is 6.54 Å². The predicted octanol–water partition coefficient (Wildman–Crippen LogP) is 3.63. The van der Waals surface area contributed by atoms with Crippen LogP contribution in [0.2, 0.25) is 0 Å². The van der Waals surface area contributed by atoms with E-state index in [1.165, 1.54) is 12.8 Å². The van der Waals surface area contributed by atoms with Gasteiger partial charge >= 0.3 is 0 Å². The molecule has 1 saturated heterocycles. The van der Waals surface area contributed by atoms with E-state index in [4.69, 9.17) is 0 Å². The van der Waals surface area contributed by atoms with Crippen molar-refractivity contribution in [3.05, 3.63) is 60.7 Å². The standard InChI is InChI=1S/C21H21N7/c1-2-7-22-15(5-1)13-24-20-12-18(17-6-8-23-21(17)26-20)19-11-16(14-25-27-19)28-9-3-4-10-28/h1-2,5-8,11-12,14H,3-4,9-10,13H2,(H2,23,24,26). The van der Waals surface area contributed by atoms with E-state index in [1.54, 1.807) is 6.20 Å². The van der Waals surface area contributed by atoms with Crippen molar-refractivity contribution in [2.45, 2.75) is 19.4 Å². The number of pyridine rings is 2. The summed E-state index contributed by atoms with van der Waals surface area (Å²) in [6.45, 7) is 2.77. The molecule has 7 heteroatoms. The monoisotopic (exact) mass is 371 g/mol. The second kappa shape index (κ2) is 7.26. The van der Waals surface area contributed by atoms with Crippen LogP contribution in [0.25, 0.3) is 22.3 Å². The SMILES string of the molecule is c1ccc(CNc2cc(-c3cc(N4CCCC4)cnn3)c3cc[nH]c3n2)nc1. The van der Waals surface area contributed by atoms with Crippen molar-refractivity contribution in [1.82, 2.24) is 25.1 Å². The molecule has 7 nitrogen and oxygen atoms in total. The average Bonchev–Trinajstić information content (AvgIpc) is 3.44. The van der Waals surface area contributed by atoms with Crippen LogP contribution >= 0.6 is 0 Å². The number of hydrogen-bond acceptors (Lipinski definition) is 6. The van der Waals surface area contributed by atoms with Crippen LogP contribution in [0.5, 0.6) is 0 Å². The van der Waals surface area contributed by atoms with Crippen molar-refractivity contribution in [3.8, 4) is 11.3 Å². The largest absolute Gasteiger partial charge is 0.370 e. The molecule has 1 aliphatic rings. The molecule has 0 spiro atoms. The molecule has 0 atom stereocenters. The summed E-state index contributed by atoms with van der Waals surface area (Å²) in [7, 11) is 0. The lowest BCUT2D eigenvalue weighted by atomic mass is 10.1. The van der Waals surface area contributed by atoms with Gasteiger partial charge in [0, 0.05) is 36.4 Å². The van der Waals surface area contributed by atoms with Crippen molar-refractivity contribution in [3.63, 3.8) is 0 Å². The van der Waals surface area contributed by atoms with Crippen molar-refractivity contribution >= 4 is 22.5 Å². The maximum absolute atomic E-state index is 4.68. The Balaban J connectivity index is 1.50. The number of rotatable bonds is 5. The first-order valence-corrected chi connectivity index (χ1v) is 9.57. The fraction of sp³-hybridized carbons (Fsp3) is 0.238. The van der Waals surface area contributed by atoms with E-state index in [0.717, 1.165) is 52.6 Å². The lowest BCUT2D eigenvalue weighted by Crippen LogP contribution is -2.18. The minimum atomic E-state index is 0.610. The van der Waals surface area contributed by atoms with Gasteiger partial charge in [-0.05, 0) is 43.2 Å². The molecular formula is C21H21N7. The van der Waals surface area contributed by atoms with Crippen molar-refractivity contribution < 1.29 is 0 Å². The van der Waals surface area contributed by atoms with Gasteiger partial charge in [-0.1, -0.05) is 6.07 Å². The van der Waals surface area contributed by atoms with Gasteiger partial charge in [0.2, 0.25) is 0 Å². The Bertz CT molecular complexity index is 1080. The van der Waals surface area contributed by atoms with Gasteiger partial charge in [-0.15, -0.1) is 0 Å². The molecule has 5 rings (SSSR count). The predicted molar refractivity (Wildman–Crippen MR) is 110 cm³/mol. The second-order valence-corrected chi connectivity index (χ2v) is 6.96. The number of aromatic amines is 1. The fourth-order valence-corrected chi connectivity index (χ4v) is 3.66. The molecule has 1 fully saturated rings. The van der Waals surface area contributed by atoms with Crippen molar-refractivity contribution in [2.24, 2.45) is 0 Å². The number of anilines is 2. The number of nitrogens with zero attached hydrogens (tertiary/aromatic N) is 5. The molecule has 4 aromatic rings. The summed E-state index contributed by atoms with van der Waals surface area (Å²) < 4.78 is 0. The van der Waals surface area contributed by atoms with Gasteiger partial charge < -0.3 is 15.2 Å². The van der Waals surface area contributed by atoms with Gasteiger partial charge in [0.05, 0.1) is 29.8 Å². The fourth-order valence-electron chi connectivity index (χ4n) is 3.66. The van der Waals surface area contributed by atoms with Gasteiger partial charge in [0.1, 0.15) is 11.5 Å². The molecule has 140 valence electrons. The van der Waals surface area contributed by atoms with Crippen LogP contribution in [0.15, 0.2) is 55.0 Å². The van der Waals surface area contributed by atoms with E-state index in [9.17, 15) is 0 Å². The Hall–Kier alpha value is -3.48. The third-order valence-electron chi connectivity index (χ3n) is 5.09. The van der Waals surface area contributed by atoms with Crippen LogP contribution in [0, 0.1) is 0 Å². The average molecular weight is 371 g/mol. The maximum Gasteiger partial charge on any atom is 0.140 e. The van der Waals surface area contributed by atoms with Gasteiger partial charge in [-0.2, -0.15) is 10.2 Å². The maximum atomic E-state index is 4.68. The molecule has 0 aromatic carbocycles. The molecule has 0 amide bonds. The highest BCUT2D eigenvalue weighted by Gasteiger charge is 2.16. The number of nitrogens with one attached hydrogen (secondary N) is 2. The second-order valence-electron chi connectivity index (χ2n) is 6.96. The Morgan fingerprint density at radius 1 is 1.11 bits per heavy atom. The molecule has 2 N–H and O–H groups in total. The Morgan fingerprint density at radius 3 is 2.89 bits per heavy atom. The van der Waals surface area contributed by atoms with Crippen LogP contribution in [-0.4, -0.2) is 38.2 Å². The zero-order valence-electron chi connectivity index (χ0n) is 15.5. The van der Waals surface area contributed by atoms with Gasteiger partial charge in [0.25, 0.3) is 0 Å². The van der Waals surface area contributed by atoms with Crippen LogP contribution in [0.4, 0.5) is 11.5 Å². The van der Waals surface area contributed by atoms with Crippen LogP contribution < -0.4 is 10.2 Å². The normalized spacial score (nSPS) is 13.9. The molecule has 28 heavy (non-hydrogen) atoms. The zero-order valence-corrected chi connectivity index (χ0v) is 15.5. The Labute approximate surface area is 162 Å². The molecular weight excluding hydrogens is 350 g/mol. The lowest BCUT2D eigenvalue weighted by molar-refractivity contribution is 0.939. The molecule has 0 radical (unpaired) electrons. The third kappa shape index (κ3) is 3.26. The lowest BCUT2D eigenvalue weighted by Gasteiger charge is -2.17. The number of aromatic nitrogens is 5. The quantitative estimate of drug-likeness (QED) is 0.557. The Kier molecular flexibility index (Phi) is 4.33. The highest BCUT2D eigenvalue weighted by atomic mass is 15.2. The first-order valence-electron chi connectivity index (χ1n) is 9.57. The summed E-state index contributed by atoms with van der Waals surface area (Å²) in [6, 6.07) is 12.1. The molecule has 1 aliphatic heterocycles. The van der Waals surface area contributed by atoms with E-state index in [-0.39, 0.29) is 0 Å². The summed E-state index contributed by atoms with van der Waals surface area (Å²) in [5.74, 6) is 0.781. The molecule has 0 unspecified atom stereocenters. The summed E-state index contributed by atoms with van der Waals surface area (Å²) in [6.07, 6.45) is 8.02. The first-order chi connectivity index (χ1) is 13.9. The highest BCUT2D eigenvalue weighted by molar-refractivity contribution is 5.94. The third-order valence-corrected chi connectivity index (χ3v) is 5.09. The van der Waals surface area contributed by atoms with Gasteiger partial charge in [0.15, 0.2) is 0 Å². The highest BCUT2D eigenvalue weighted by Crippen LogP contribution is 2.31. The smallest absolute Gasteiger partial charge is 0.140 e. The minimum absolute atomic E-state index is 0.610. The number of hydrogen-bond donors (Lipinski definition) is 2. The number of fused-ring (bicyclic) bond motifs is 1. The molecule has 5 heterocycles. The molecule has 0 bridgehead atoms. The zero-order chi connectivity index (χ0) is 18.8. The van der Waals surface area contributed by atoms with E-state index < -0.39 is 0 Å². The Morgan fingerprint density at radius 2 is 2.04 bits per heavy atom. The summed E-state index contributed by atoms with van der Waals surface area (Å²) in [5.41, 5.74) is 4.80. The van der Waals surface area contributed by atoms with Crippen LogP contribution in [0.3, 0.4) is 0 Å². The van der Waals surface area contributed by atoms with Crippen molar-refractivity contribution in [2.75, 3.05) is 23.3 Å². The van der Waals surface area contributed by atoms with E-state index in [1.807, 2.05) is 42.7 Å². The van der Waals surface area contributed by atoms with E-state index >= 15 is 0 Å². The molecule has 0 aliphatic carbocycles. The van der Waals surface area contributed by atoms with Gasteiger partial charge in [-0.3, -0.25) is 4.98 Å².